The molecule has 0 fully saturated rings. The van der Waals surface area contributed by atoms with Crippen molar-refractivity contribution in [3.8, 4) is 22.6 Å². The molecule has 1 heterocycles. The van der Waals surface area contributed by atoms with Crippen molar-refractivity contribution in [3.63, 3.8) is 0 Å². The molecule has 1 amide bonds. The standard InChI is InChI=1S/C19H26ClN7O5/c1-5-27-18(29)14(11-6-7-12(31-3)13(10-11)32-4)15(20)16(25-27)17(28)23-19(24-21)26(22)8-9-30-2/h6-7,10H,5,8-9,21-22H2,1-4H3,(H,23,24,28). The van der Waals surface area contributed by atoms with E-state index < -0.39 is 11.5 Å². The molecule has 174 valence electrons. The maximum atomic E-state index is 13.0. The van der Waals surface area contributed by atoms with Gasteiger partial charge in [-0.15, -0.1) is 5.10 Å². The number of aromatic nitrogens is 2. The van der Waals surface area contributed by atoms with Crippen LogP contribution in [-0.4, -0.2) is 61.1 Å². The summed E-state index contributed by atoms with van der Waals surface area (Å²) in [5, 5.41) is 11.0. The number of ether oxygens (including phenoxy) is 3. The molecule has 0 saturated carbocycles. The Morgan fingerprint density at radius 3 is 2.53 bits per heavy atom. The summed E-state index contributed by atoms with van der Waals surface area (Å²) in [7, 11) is 4.46. The first-order valence-electron chi connectivity index (χ1n) is 9.46. The zero-order chi connectivity index (χ0) is 23.8. The van der Waals surface area contributed by atoms with E-state index in [2.05, 4.69) is 15.5 Å². The van der Waals surface area contributed by atoms with Gasteiger partial charge in [0, 0.05) is 13.7 Å². The molecule has 0 spiro atoms. The number of amides is 1. The summed E-state index contributed by atoms with van der Waals surface area (Å²) in [5.74, 6) is 11.2. The number of rotatable bonds is 8. The third-order valence-corrected chi connectivity index (χ3v) is 4.81. The fourth-order valence-electron chi connectivity index (χ4n) is 2.79. The van der Waals surface area contributed by atoms with Crippen molar-refractivity contribution >= 4 is 23.5 Å². The molecule has 12 nitrogen and oxygen atoms in total. The fourth-order valence-corrected chi connectivity index (χ4v) is 3.10. The SMILES string of the molecule is CCn1nc(C(=O)NC(=NN)N(N)CCOC)c(Cl)c(-c2ccc(OC)c(OC)c2)c1=O. The van der Waals surface area contributed by atoms with Gasteiger partial charge in [-0.3, -0.25) is 19.9 Å². The maximum absolute atomic E-state index is 13.0. The van der Waals surface area contributed by atoms with Gasteiger partial charge in [0.25, 0.3) is 11.5 Å². The third kappa shape index (κ3) is 5.28. The normalized spacial score (nSPS) is 11.2. The molecule has 0 bridgehead atoms. The molecule has 0 aliphatic heterocycles. The number of hydrazine groups is 1. The van der Waals surface area contributed by atoms with Crippen LogP contribution in [0.5, 0.6) is 11.5 Å². The second kappa shape index (κ2) is 11.3. The van der Waals surface area contributed by atoms with Gasteiger partial charge in [0.2, 0.25) is 5.96 Å². The van der Waals surface area contributed by atoms with Gasteiger partial charge in [-0.25, -0.2) is 10.5 Å². The number of aryl methyl sites for hydroxylation is 1. The van der Waals surface area contributed by atoms with Crippen LogP contribution in [0.2, 0.25) is 5.02 Å². The van der Waals surface area contributed by atoms with Crippen LogP contribution in [0, 0.1) is 0 Å². The largest absolute Gasteiger partial charge is 0.493 e. The van der Waals surface area contributed by atoms with Crippen LogP contribution in [0.3, 0.4) is 0 Å². The Morgan fingerprint density at radius 2 is 1.97 bits per heavy atom. The number of nitrogens with two attached hydrogens (primary N) is 2. The molecule has 0 aliphatic rings. The van der Waals surface area contributed by atoms with Crippen molar-refractivity contribution < 1.29 is 19.0 Å². The van der Waals surface area contributed by atoms with E-state index in [1.807, 2.05) is 0 Å². The lowest BCUT2D eigenvalue weighted by molar-refractivity contribution is 0.0962. The molecule has 13 heteroatoms. The van der Waals surface area contributed by atoms with Crippen LogP contribution in [0.25, 0.3) is 11.1 Å². The summed E-state index contributed by atoms with van der Waals surface area (Å²) >= 11 is 6.49. The lowest BCUT2D eigenvalue weighted by atomic mass is 10.1. The van der Waals surface area contributed by atoms with Crippen molar-refractivity contribution in [2.75, 3.05) is 34.5 Å². The van der Waals surface area contributed by atoms with Crippen LogP contribution in [-0.2, 0) is 11.3 Å². The van der Waals surface area contributed by atoms with Crippen molar-refractivity contribution in [2.45, 2.75) is 13.5 Å². The number of carbonyl (C=O) groups excluding carboxylic acids is 1. The second-order valence-electron chi connectivity index (χ2n) is 6.32. The number of hydrogen-bond acceptors (Lipinski definition) is 9. The smallest absolute Gasteiger partial charge is 0.280 e. The molecule has 32 heavy (non-hydrogen) atoms. The van der Waals surface area contributed by atoms with Gasteiger partial charge in [-0.2, -0.15) is 5.10 Å². The van der Waals surface area contributed by atoms with E-state index in [0.29, 0.717) is 17.1 Å². The first-order chi connectivity index (χ1) is 15.3. The minimum Gasteiger partial charge on any atom is -0.493 e. The summed E-state index contributed by atoms with van der Waals surface area (Å²) in [5.41, 5.74) is -0.192. The molecule has 0 saturated heterocycles. The van der Waals surface area contributed by atoms with Gasteiger partial charge in [0.05, 0.1) is 38.0 Å². The monoisotopic (exact) mass is 467 g/mol. The van der Waals surface area contributed by atoms with Crippen molar-refractivity contribution in [1.29, 1.82) is 0 Å². The minimum atomic E-state index is -0.754. The van der Waals surface area contributed by atoms with E-state index in [4.69, 9.17) is 37.5 Å². The van der Waals surface area contributed by atoms with E-state index in [-0.39, 0.29) is 41.9 Å². The van der Waals surface area contributed by atoms with Crippen molar-refractivity contribution in [1.82, 2.24) is 20.1 Å². The highest BCUT2D eigenvalue weighted by Crippen LogP contribution is 2.34. The zero-order valence-electron chi connectivity index (χ0n) is 18.2. The Bertz CT molecular complexity index is 1060. The van der Waals surface area contributed by atoms with Gasteiger partial charge < -0.3 is 20.1 Å². The molecule has 5 N–H and O–H groups in total. The van der Waals surface area contributed by atoms with Gasteiger partial charge >= 0.3 is 0 Å². The molecule has 0 atom stereocenters. The van der Waals surface area contributed by atoms with Crippen molar-refractivity contribution in [2.24, 2.45) is 16.8 Å². The molecule has 2 rings (SSSR count). The molecule has 1 aromatic carbocycles. The van der Waals surface area contributed by atoms with E-state index in [1.54, 1.807) is 25.1 Å². The van der Waals surface area contributed by atoms with E-state index in [9.17, 15) is 9.59 Å². The average Bonchev–Trinajstić information content (AvgIpc) is 2.80. The average molecular weight is 468 g/mol. The Hall–Kier alpha value is -3.35. The number of methoxy groups -OCH3 is 3. The van der Waals surface area contributed by atoms with E-state index >= 15 is 0 Å². The highest BCUT2D eigenvalue weighted by Gasteiger charge is 2.24. The summed E-state index contributed by atoms with van der Waals surface area (Å²) in [6.45, 7) is 2.39. The van der Waals surface area contributed by atoms with Gasteiger partial charge in [-0.05, 0) is 24.6 Å². The number of guanidine groups is 1. The third-order valence-electron chi connectivity index (χ3n) is 4.44. The van der Waals surface area contributed by atoms with Crippen LogP contribution in [0.15, 0.2) is 28.1 Å². The van der Waals surface area contributed by atoms with Gasteiger partial charge in [0.1, 0.15) is 0 Å². The number of hydrogen-bond donors (Lipinski definition) is 3. The second-order valence-corrected chi connectivity index (χ2v) is 6.70. The first kappa shape index (κ1) is 24.9. The van der Waals surface area contributed by atoms with Crippen LogP contribution >= 0.6 is 11.6 Å². The minimum absolute atomic E-state index is 0.0739. The number of halogens is 1. The molecular weight excluding hydrogens is 442 g/mol. The van der Waals surface area contributed by atoms with E-state index in [1.165, 1.54) is 21.3 Å². The van der Waals surface area contributed by atoms with Gasteiger partial charge in [-0.1, -0.05) is 17.7 Å². The number of carbonyl (C=O) groups is 1. The summed E-state index contributed by atoms with van der Waals surface area (Å²) in [4.78, 5) is 25.9. The number of nitrogens with one attached hydrogen (secondary N) is 1. The molecule has 0 radical (unpaired) electrons. The molecule has 2 aromatic rings. The van der Waals surface area contributed by atoms with Crippen LogP contribution in [0.1, 0.15) is 17.4 Å². The number of nitrogens with zero attached hydrogens (tertiary/aromatic N) is 4. The summed E-state index contributed by atoms with van der Waals surface area (Å²) < 4.78 is 16.6. The predicted octanol–water partition coefficient (Wildman–Crippen LogP) is 0.382. The maximum Gasteiger partial charge on any atom is 0.280 e. The van der Waals surface area contributed by atoms with Crippen molar-refractivity contribution in [3.05, 3.63) is 39.3 Å². The molecule has 0 unspecified atom stereocenters. The quantitative estimate of drug-likeness (QED) is 0.216. The summed E-state index contributed by atoms with van der Waals surface area (Å²) in [6.07, 6.45) is 0. The zero-order valence-corrected chi connectivity index (χ0v) is 19.0. The Morgan fingerprint density at radius 1 is 1.28 bits per heavy atom. The number of hydrazone groups is 1. The highest BCUT2D eigenvalue weighted by molar-refractivity contribution is 6.36. The lowest BCUT2D eigenvalue weighted by Gasteiger charge is -2.20. The fraction of sp³-hybridized carbons (Fsp3) is 0.368. The Balaban J connectivity index is 2.55. The number of benzene rings is 1. The first-order valence-corrected chi connectivity index (χ1v) is 9.84. The molecular formula is C19H26ClN7O5. The Kier molecular flexibility index (Phi) is 8.81. The Labute approximate surface area is 189 Å². The molecule has 0 aliphatic carbocycles. The molecule has 1 aromatic heterocycles. The van der Waals surface area contributed by atoms with E-state index in [0.717, 1.165) is 9.69 Å². The highest BCUT2D eigenvalue weighted by atomic mass is 35.5. The lowest BCUT2D eigenvalue weighted by Crippen LogP contribution is -2.50. The van der Waals surface area contributed by atoms with Crippen LogP contribution < -0.4 is 32.0 Å². The van der Waals surface area contributed by atoms with Gasteiger partial charge in [0.15, 0.2) is 17.2 Å². The topological polar surface area (TPSA) is 159 Å². The summed E-state index contributed by atoms with van der Waals surface area (Å²) in [6, 6.07) is 4.84. The van der Waals surface area contributed by atoms with Crippen LogP contribution in [0.4, 0.5) is 0 Å². The predicted molar refractivity (Wildman–Crippen MR) is 120 cm³/mol.